The van der Waals surface area contributed by atoms with Crippen LogP contribution in [0.3, 0.4) is 0 Å². The molecule has 1 amide bonds. The van der Waals surface area contributed by atoms with E-state index < -0.39 is 0 Å². The molecule has 0 atom stereocenters. The van der Waals surface area contributed by atoms with Gasteiger partial charge in [0.05, 0.1) is 5.56 Å². The number of nitrogens with two attached hydrogens (primary N) is 1. The number of nitrogens with zero attached hydrogens (tertiary/aromatic N) is 3. The fourth-order valence-electron chi connectivity index (χ4n) is 2.35. The molecule has 0 radical (unpaired) electrons. The quantitative estimate of drug-likeness (QED) is 0.658. The van der Waals surface area contributed by atoms with Gasteiger partial charge in [0.2, 0.25) is 5.91 Å². The lowest BCUT2D eigenvalue weighted by molar-refractivity contribution is -0.119. The van der Waals surface area contributed by atoms with Gasteiger partial charge in [-0.25, -0.2) is 9.97 Å². The Labute approximate surface area is 116 Å². The fraction of sp³-hybridized carbons (Fsp3) is 0.500. The molecule has 0 unspecified atom stereocenters. The minimum Gasteiger partial charge on any atom is -0.370 e. The zero-order valence-corrected chi connectivity index (χ0v) is 11.1. The molecule has 1 aromatic rings. The normalized spacial score (nSPS) is 16.4. The van der Waals surface area contributed by atoms with E-state index in [1.165, 1.54) is 6.33 Å². The minimum absolute atomic E-state index is 0.166. The summed E-state index contributed by atoms with van der Waals surface area (Å²) in [5.41, 5.74) is 5.51. The Hall–Kier alpha value is -1.69. The van der Waals surface area contributed by atoms with E-state index in [0.29, 0.717) is 30.0 Å². The van der Waals surface area contributed by atoms with Gasteiger partial charge >= 0.3 is 0 Å². The Morgan fingerprint density at radius 2 is 2.16 bits per heavy atom. The van der Waals surface area contributed by atoms with Crippen molar-refractivity contribution in [2.45, 2.75) is 19.3 Å². The molecular formula is C12H15ClN4O2. The number of hydrogen-bond donors (Lipinski definition) is 1. The average Bonchev–Trinajstić information content (AvgIpc) is 2.38. The highest BCUT2D eigenvalue weighted by Gasteiger charge is 2.24. The summed E-state index contributed by atoms with van der Waals surface area (Å²) in [6.07, 6.45) is 4.14. The summed E-state index contributed by atoms with van der Waals surface area (Å²) in [5, 5.41) is 0.166. The second-order valence-electron chi connectivity index (χ2n) is 4.62. The third-order valence-electron chi connectivity index (χ3n) is 3.34. The maximum absolute atomic E-state index is 11.0. The number of carbonyl (C=O) groups is 2. The molecule has 1 fully saturated rings. The van der Waals surface area contributed by atoms with Crippen molar-refractivity contribution in [2.75, 3.05) is 18.0 Å². The topological polar surface area (TPSA) is 89.2 Å². The highest BCUT2D eigenvalue weighted by Crippen LogP contribution is 2.27. The Morgan fingerprint density at radius 3 is 2.74 bits per heavy atom. The predicted octanol–water partition coefficient (Wildman–Crippen LogP) is 1.03. The van der Waals surface area contributed by atoms with Crippen molar-refractivity contribution in [1.82, 2.24) is 9.97 Å². The number of anilines is 1. The van der Waals surface area contributed by atoms with Crippen LogP contribution in [0, 0.1) is 5.92 Å². The molecule has 1 aliphatic heterocycles. The first-order chi connectivity index (χ1) is 9.11. The van der Waals surface area contributed by atoms with Crippen LogP contribution in [0.2, 0.25) is 5.15 Å². The first-order valence-corrected chi connectivity index (χ1v) is 6.48. The van der Waals surface area contributed by atoms with Gasteiger partial charge < -0.3 is 10.6 Å². The summed E-state index contributed by atoms with van der Waals surface area (Å²) in [5.74, 6) is 0.607. The zero-order valence-electron chi connectivity index (χ0n) is 10.4. The number of aromatic nitrogens is 2. The van der Waals surface area contributed by atoms with Crippen molar-refractivity contribution >= 4 is 29.6 Å². The first kappa shape index (κ1) is 13.7. The molecule has 2 N–H and O–H groups in total. The number of amides is 1. The van der Waals surface area contributed by atoms with E-state index in [2.05, 4.69) is 9.97 Å². The molecule has 0 saturated carbocycles. The Bertz CT molecular complexity index is 487. The van der Waals surface area contributed by atoms with Gasteiger partial charge in [0, 0.05) is 19.5 Å². The lowest BCUT2D eigenvalue weighted by Gasteiger charge is -2.32. The third-order valence-corrected chi connectivity index (χ3v) is 3.64. The van der Waals surface area contributed by atoms with E-state index in [4.69, 9.17) is 17.3 Å². The smallest absolute Gasteiger partial charge is 0.217 e. The predicted molar refractivity (Wildman–Crippen MR) is 71.2 cm³/mol. The van der Waals surface area contributed by atoms with Gasteiger partial charge in [0.1, 0.15) is 17.3 Å². The van der Waals surface area contributed by atoms with Crippen LogP contribution in [0.4, 0.5) is 5.82 Å². The molecule has 1 aromatic heterocycles. The van der Waals surface area contributed by atoms with Crippen LogP contribution in [0.25, 0.3) is 0 Å². The largest absolute Gasteiger partial charge is 0.370 e. The van der Waals surface area contributed by atoms with Crippen LogP contribution < -0.4 is 10.6 Å². The number of primary amides is 1. The van der Waals surface area contributed by atoms with Crippen LogP contribution in [0.5, 0.6) is 0 Å². The van der Waals surface area contributed by atoms with Gasteiger partial charge in [-0.2, -0.15) is 0 Å². The average molecular weight is 283 g/mol. The molecule has 2 rings (SSSR count). The Morgan fingerprint density at radius 1 is 1.47 bits per heavy atom. The van der Waals surface area contributed by atoms with E-state index in [1.807, 2.05) is 4.90 Å². The molecular weight excluding hydrogens is 268 g/mol. The highest BCUT2D eigenvalue weighted by atomic mass is 35.5. The number of piperidine rings is 1. The monoisotopic (exact) mass is 282 g/mol. The summed E-state index contributed by atoms with van der Waals surface area (Å²) in [7, 11) is 0. The van der Waals surface area contributed by atoms with Crippen LogP contribution in [-0.2, 0) is 4.79 Å². The van der Waals surface area contributed by atoms with Crippen molar-refractivity contribution in [3.8, 4) is 0 Å². The summed E-state index contributed by atoms with van der Waals surface area (Å²) >= 11 is 5.88. The van der Waals surface area contributed by atoms with E-state index in [9.17, 15) is 9.59 Å². The molecule has 1 aliphatic rings. The van der Waals surface area contributed by atoms with Gasteiger partial charge in [-0.05, 0) is 18.8 Å². The first-order valence-electron chi connectivity index (χ1n) is 6.10. The molecule has 6 nitrogen and oxygen atoms in total. The van der Waals surface area contributed by atoms with E-state index >= 15 is 0 Å². The Balaban J connectivity index is 2.07. The van der Waals surface area contributed by atoms with Crippen LogP contribution in [-0.4, -0.2) is 35.3 Å². The molecule has 2 heterocycles. The second kappa shape index (κ2) is 5.97. The summed E-state index contributed by atoms with van der Waals surface area (Å²) in [4.78, 5) is 31.9. The van der Waals surface area contributed by atoms with E-state index in [-0.39, 0.29) is 11.1 Å². The summed E-state index contributed by atoms with van der Waals surface area (Å²) in [6, 6.07) is 0. The number of rotatable bonds is 4. The van der Waals surface area contributed by atoms with Gasteiger partial charge in [-0.1, -0.05) is 11.6 Å². The van der Waals surface area contributed by atoms with Crippen molar-refractivity contribution in [1.29, 1.82) is 0 Å². The van der Waals surface area contributed by atoms with Gasteiger partial charge in [0.25, 0.3) is 0 Å². The van der Waals surface area contributed by atoms with Crippen LogP contribution in [0.1, 0.15) is 29.6 Å². The molecule has 19 heavy (non-hydrogen) atoms. The molecule has 0 spiro atoms. The van der Waals surface area contributed by atoms with Gasteiger partial charge in [-0.3, -0.25) is 9.59 Å². The molecule has 1 saturated heterocycles. The van der Waals surface area contributed by atoms with Crippen molar-refractivity contribution in [3.05, 3.63) is 17.0 Å². The highest BCUT2D eigenvalue weighted by molar-refractivity contribution is 6.32. The summed E-state index contributed by atoms with van der Waals surface area (Å²) < 4.78 is 0. The maximum Gasteiger partial charge on any atom is 0.217 e. The molecule has 0 aromatic carbocycles. The fourth-order valence-corrected chi connectivity index (χ4v) is 2.53. The van der Waals surface area contributed by atoms with Crippen molar-refractivity contribution in [3.63, 3.8) is 0 Å². The maximum atomic E-state index is 11.0. The SMILES string of the molecule is NC(=O)CC1CCN(c2ncnc(Cl)c2C=O)CC1. The van der Waals surface area contributed by atoms with Crippen LogP contribution in [0.15, 0.2) is 6.33 Å². The second-order valence-corrected chi connectivity index (χ2v) is 4.98. The minimum atomic E-state index is -0.267. The molecule has 7 heteroatoms. The lowest BCUT2D eigenvalue weighted by atomic mass is 9.93. The van der Waals surface area contributed by atoms with Gasteiger partial charge in [0.15, 0.2) is 6.29 Å². The van der Waals surface area contributed by atoms with E-state index in [0.717, 1.165) is 25.9 Å². The number of halogens is 1. The Kier molecular flexibility index (Phi) is 4.31. The summed E-state index contributed by atoms with van der Waals surface area (Å²) in [6.45, 7) is 1.46. The van der Waals surface area contributed by atoms with Crippen molar-refractivity contribution in [2.24, 2.45) is 11.7 Å². The van der Waals surface area contributed by atoms with E-state index in [1.54, 1.807) is 0 Å². The van der Waals surface area contributed by atoms with Crippen LogP contribution >= 0.6 is 11.6 Å². The lowest BCUT2D eigenvalue weighted by Crippen LogP contribution is -2.36. The number of carbonyl (C=O) groups excluding carboxylic acids is 2. The standard InChI is InChI=1S/C12H15ClN4O2/c13-11-9(6-18)12(16-7-15-11)17-3-1-8(2-4-17)5-10(14)19/h6-8H,1-5H2,(H2,14,19). The number of aldehydes is 1. The third kappa shape index (κ3) is 3.20. The molecule has 102 valence electrons. The zero-order chi connectivity index (χ0) is 13.8. The molecule has 0 aliphatic carbocycles. The molecule has 0 bridgehead atoms. The number of hydrogen-bond acceptors (Lipinski definition) is 5. The van der Waals surface area contributed by atoms with Gasteiger partial charge in [-0.15, -0.1) is 0 Å². The van der Waals surface area contributed by atoms with Crippen molar-refractivity contribution < 1.29 is 9.59 Å².